The predicted molar refractivity (Wildman–Crippen MR) is 81.7 cm³/mol. The lowest BCUT2D eigenvalue weighted by molar-refractivity contribution is 0.556. The number of rotatable bonds is 5. The van der Waals surface area contributed by atoms with Crippen LogP contribution in [0.15, 0.2) is 4.21 Å². The number of thiazole rings is 1. The molecule has 0 aliphatic heterocycles. The van der Waals surface area contributed by atoms with Crippen LogP contribution in [0.2, 0.25) is 4.47 Å². The highest BCUT2D eigenvalue weighted by Crippen LogP contribution is 2.32. The summed E-state index contributed by atoms with van der Waals surface area (Å²) in [5.74, 6) is 1.01. The lowest BCUT2D eigenvalue weighted by atomic mass is 10.3. The number of sulfonamides is 1. The molecule has 1 heterocycles. The van der Waals surface area contributed by atoms with Gasteiger partial charge >= 0.3 is 0 Å². The van der Waals surface area contributed by atoms with Gasteiger partial charge in [0.15, 0.2) is 8.68 Å². The fraction of sp³-hybridized carbons (Fsp3) is 0.727. The molecule has 1 saturated carbocycles. The van der Waals surface area contributed by atoms with Gasteiger partial charge in [-0.05, 0) is 25.5 Å². The van der Waals surface area contributed by atoms with Crippen molar-refractivity contribution in [2.24, 2.45) is 0 Å². The van der Waals surface area contributed by atoms with Crippen LogP contribution in [0, 0.1) is 6.92 Å². The first-order valence-corrected chi connectivity index (χ1v) is 9.93. The topological polar surface area (TPSA) is 59.1 Å². The van der Waals surface area contributed by atoms with Gasteiger partial charge in [0, 0.05) is 11.3 Å². The van der Waals surface area contributed by atoms with E-state index in [1.807, 2.05) is 11.8 Å². The number of hydrogen-bond acceptors (Lipinski definition) is 5. The molecule has 0 radical (unpaired) electrons. The Kier molecular flexibility index (Phi) is 5.16. The van der Waals surface area contributed by atoms with Crippen molar-refractivity contribution in [1.29, 1.82) is 0 Å². The Morgan fingerprint density at radius 1 is 1.53 bits per heavy atom. The molecule has 19 heavy (non-hydrogen) atoms. The molecular weight excluding hydrogens is 324 g/mol. The molecule has 2 rings (SSSR count). The number of hydrogen-bond donors (Lipinski definition) is 1. The summed E-state index contributed by atoms with van der Waals surface area (Å²) in [6.45, 7) is 3.77. The summed E-state index contributed by atoms with van der Waals surface area (Å²) in [4.78, 5) is 3.97. The SMILES string of the molecule is CCSC1CCCC1NS(=O)(=O)c1sc(Cl)nc1C. The average molecular weight is 341 g/mol. The van der Waals surface area contributed by atoms with E-state index in [0.29, 0.717) is 10.9 Å². The van der Waals surface area contributed by atoms with Gasteiger partial charge in [-0.3, -0.25) is 0 Å². The highest BCUT2D eigenvalue weighted by molar-refractivity contribution is 8.00. The first-order valence-electron chi connectivity index (χ1n) is 6.21. The van der Waals surface area contributed by atoms with E-state index < -0.39 is 10.0 Å². The van der Waals surface area contributed by atoms with Gasteiger partial charge in [0.2, 0.25) is 0 Å². The Balaban J connectivity index is 2.15. The van der Waals surface area contributed by atoms with E-state index in [9.17, 15) is 8.42 Å². The molecule has 2 unspecified atom stereocenters. The first kappa shape index (κ1) is 15.6. The van der Waals surface area contributed by atoms with Crippen LogP contribution in [0.4, 0.5) is 0 Å². The quantitative estimate of drug-likeness (QED) is 0.895. The van der Waals surface area contributed by atoms with E-state index in [1.54, 1.807) is 6.92 Å². The maximum atomic E-state index is 12.4. The van der Waals surface area contributed by atoms with Gasteiger partial charge in [0.05, 0.1) is 5.69 Å². The van der Waals surface area contributed by atoms with Crippen LogP contribution < -0.4 is 4.72 Å². The molecule has 0 amide bonds. The van der Waals surface area contributed by atoms with Gasteiger partial charge in [-0.25, -0.2) is 18.1 Å². The van der Waals surface area contributed by atoms with Crippen molar-refractivity contribution in [2.45, 2.75) is 48.6 Å². The lowest BCUT2D eigenvalue weighted by Crippen LogP contribution is -2.38. The van der Waals surface area contributed by atoms with Gasteiger partial charge in [0.25, 0.3) is 10.0 Å². The fourth-order valence-electron chi connectivity index (χ4n) is 2.33. The van der Waals surface area contributed by atoms with Crippen molar-refractivity contribution in [1.82, 2.24) is 9.71 Å². The summed E-state index contributed by atoms with van der Waals surface area (Å²) >= 11 is 8.62. The van der Waals surface area contributed by atoms with Crippen LogP contribution in [0.3, 0.4) is 0 Å². The Bertz CT molecular complexity index is 544. The van der Waals surface area contributed by atoms with Crippen molar-refractivity contribution < 1.29 is 8.42 Å². The highest BCUT2D eigenvalue weighted by atomic mass is 35.5. The summed E-state index contributed by atoms with van der Waals surface area (Å²) in [6, 6.07) is 0.0234. The van der Waals surface area contributed by atoms with Crippen molar-refractivity contribution in [3.05, 3.63) is 10.2 Å². The van der Waals surface area contributed by atoms with E-state index in [4.69, 9.17) is 11.6 Å². The van der Waals surface area contributed by atoms with Crippen molar-refractivity contribution in [2.75, 3.05) is 5.75 Å². The molecule has 1 fully saturated rings. The minimum absolute atomic E-state index is 0.0234. The Morgan fingerprint density at radius 2 is 2.26 bits per heavy atom. The Hall–Kier alpha value is 0.180. The average Bonchev–Trinajstić information content (AvgIpc) is 2.86. The fourth-order valence-corrected chi connectivity index (χ4v) is 6.68. The zero-order valence-corrected chi connectivity index (χ0v) is 14.1. The van der Waals surface area contributed by atoms with Gasteiger partial charge in [-0.2, -0.15) is 11.8 Å². The predicted octanol–water partition coefficient (Wildman–Crippen LogP) is 3.06. The molecule has 108 valence electrons. The molecule has 0 bridgehead atoms. The molecule has 0 spiro atoms. The maximum absolute atomic E-state index is 12.4. The molecule has 4 nitrogen and oxygen atoms in total. The maximum Gasteiger partial charge on any atom is 0.252 e. The largest absolute Gasteiger partial charge is 0.252 e. The summed E-state index contributed by atoms with van der Waals surface area (Å²) in [5, 5.41) is 0.378. The number of thioether (sulfide) groups is 1. The van der Waals surface area contributed by atoms with Crippen LogP contribution in [0.25, 0.3) is 0 Å². The van der Waals surface area contributed by atoms with Crippen LogP contribution in [-0.4, -0.2) is 30.4 Å². The van der Waals surface area contributed by atoms with Gasteiger partial charge < -0.3 is 0 Å². The van der Waals surface area contributed by atoms with Crippen molar-refractivity contribution >= 4 is 44.7 Å². The van der Waals surface area contributed by atoms with Crippen LogP contribution in [-0.2, 0) is 10.0 Å². The molecule has 1 N–H and O–H groups in total. The number of aryl methyl sites for hydroxylation is 1. The summed E-state index contributed by atoms with van der Waals surface area (Å²) in [6.07, 6.45) is 3.06. The second-order valence-electron chi connectivity index (χ2n) is 4.49. The van der Waals surface area contributed by atoms with Crippen LogP contribution in [0.1, 0.15) is 31.9 Å². The number of nitrogens with zero attached hydrogens (tertiary/aromatic N) is 1. The summed E-state index contributed by atoms with van der Waals surface area (Å²) in [5.41, 5.74) is 0.472. The molecular formula is C11H17ClN2O2S3. The molecule has 1 aromatic rings. The number of halogens is 1. The summed E-state index contributed by atoms with van der Waals surface area (Å²) < 4.78 is 28.1. The smallest absolute Gasteiger partial charge is 0.229 e. The van der Waals surface area contributed by atoms with Crippen LogP contribution >= 0.6 is 34.7 Å². The molecule has 2 atom stereocenters. The normalized spacial score (nSPS) is 23.9. The van der Waals surface area contributed by atoms with E-state index in [-0.39, 0.29) is 14.7 Å². The second kappa shape index (κ2) is 6.30. The monoisotopic (exact) mass is 340 g/mol. The van der Waals surface area contributed by atoms with Gasteiger partial charge in [0.1, 0.15) is 0 Å². The van der Waals surface area contributed by atoms with E-state index in [1.165, 1.54) is 0 Å². The van der Waals surface area contributed by atoms with Crippen molar-refractivity contribution in [3.8, 4) is 0 Å². The number of aromatic nitrogens is 1. The zero-order chi connectivity index (χ0) is 14.0. The van der Waals surface area contributed by atoms with E-state index in [0.717, 1.165) is 36.4 Å². The van der Waals surface area contributed by atoms with Gasteiger partial charge in [-0.1, -0.05) is 36.3 Å². The third-order valence-corrected chi connectivity index (χ3v) is 7.80. The third kappa shape index (κ3) is 3.64. The molecule has 1 aliphatic carbocycles. The first-order chi connectivity index (χ1) is 8.94. The highest BCUT2D eigenvalue weighted by Gasteiger charge is 2.32. The Labute approximate surface area is 127 Å². The summed E-state index contributed by atoms with van der Waals surface area (Å²) in [7, 11) is -3.50. The third-order valence-electron chi connectivity index (χ3n) is 3.11. The molecule has 0 saturated heterocycles. The second-order valence-corrected chi connectivity index (χ2v) is 9.50. The zero-order valence-electron chi connectivity index (χ0n) is 10.8. The standard InChI is InChI=1S/C11H17ClN2O2S3/c1-3-17-9-6-4-5-8(9)14-19(15,16)10-7(2)13-11(12)18-10/h8-9,14H,3-6H2,1-2H3. The van der Waals surface area contributed by atoms with E-state index >= 15 is 0 Å². The van der Waals surface area contributed by atoms with Crippen LogP contribution in [0.5, 0.6) is 0 Å². The lowest BCUT2D eigenvalue weighted by Gasteiger charge is -2.19. The van der Waals surface area contributed by atoms with Gasteiger partial charge in [-0.15, -0.1) is 0 Å². The molecule has 1 aliphatic rings. The van der Waals surface area contributed by atoms with E-state index in [2.05, 4.69) is 16.6 Å². The molecule has 0 aromatic carbocycles. The Morgan fingerprint density at radius 3 is 2.84 bits per heavy atom. The molecule has 1 aromatic heterocycles. The minimum Gasteiger partial charge on any atom is -0.229 e. The minimum atomic E-state index is -3.50. The van der Waals surface area contributed by atoms with Crippen molar-refractivity contribution in [3.63, 3.8) is 0 Å². The molecule has 8 heteroatoms. The number of nitrogens with one attached hydrogen (secondary N) is 1.